The van der Waals surface area contributed by atoms with Gasteiger partial charge in [0.1, 0.15) is 16.6 Å². The molecule has 34 heavy (non-hydrogen) atoms. The van der Waals surface area contributed by atoms with Crippen LogP contribution in [-0.2, 0) is 9.53 Å². The zero-order valence-corrected chi connectivity index (χ0v) is 19.6. The van der Waals surface area contributed by atoms with Crippen LogP contribution < -0.4 is 0 Å². The Bertz CT molecular complexity index is 1240. The molecule has 0 unspecified atom stereocenters. The number of rotatable bonds is 5. The Morgan fingerprint density at radius 1 is 1.21 bits per heavy atom. The van der Waals surface area contributed by atoms with Gasteiger partial charge in [0.15, 0.2) is 5.84 Å². The molecule has 1 aromatic heterocycles. The molecule has 1 N–H and O–H groups in total. The van der Waals surface area contributed by atoms with E-state index in [0.717, 1.165) is 23.4 Å². The second kappa shape index (κ2) is 9.42. The summed E-state index contributed by atoms with van der Waals surface area (Å²) in [4.78, 5) is 28.7. The number of carbonyl (C=O) groups is 2. The topological polar surface area (TPSA) is 108 Å². The molecule has 0 saturated heterocycles. The number of nitrogens with one attached hydrogen (secondary N) is 1. The van der Waals surface area contributed by atoms with E-state index in [1.807, 2.05) is 0 Å². The molecular weight excluding hydrogens is 452 g/mol. The highest BCUT2D eigenvalue weighted by Crippen LogP contribution is 2.36. The number of hydrazone groups is 1. The molecule has 1 aliphatic carbocycles. The number of esters is 1. The molecule has 2 aliphatic heterocycles. The third-order valence-corrected chi connectivity index (χ3v) is 7.09. The van der Waals surface area contributed by atoms with Crippen molar-refractivity contribution in [2.24, 2.45) is 16.0 Å². The maximum Gasteiger partial charge on any atom is 0.338 e. The molecule has 9 heteroatoms. The van der Waals surface area contributed by atoms with Crippen LogP contribution in [0.5, 0.6) is 0 Å². The lowest BCUT2D eigenvalue weighted by molar-refractivity contribution is -0.114. The van der Waals surface area contributed by atoms with Crippen molar-refractivity contribution in [3.05, 3.63) is 53.3 Å². The molecule has 1 saturated carbocycles. The molecule has 0 atom stereocenters. The van der Waals surface area contributed by atoms with Gasteiger partial charge in [-0.15, -0.1) is 0 Å². The molecule has 0 spiro atoms. The van der Waals surface area contributed by atoms with Crippen LogP contribution in [0, 0.1) is 11.3 Å². The normalized spacial score (nSPS) is 19.8. The number of benzene rings is 1. The van der Waals surface area contributed by atoms with Gasteiger partial charge in [-0.25, -0.2) is 4.79 Å². The molecule has 0 radical (unpaired) electrons. The van der Waals surface area contributed by atoms with Gasteiger partial charge in [-0.2, -0.15) is 15.1 Å². The number of amidine groups is 2. The first-order chi connectivity index (χ1) is 16.5. The summed E-state index contributed by atoms with van der Waals surface area (Å²) in [6.45, 7) is 2.08. The predicted octanol–water partition coefficient (Wildman–Crippen LogP) is 5.32. The minimum Gasteiger partial charge on any atom is -0.462 e. The van der Waals surface area contributed by atoms with Gasteiger partial charge < -0.3 is 9.15 Å². The smallest absolute Gasteiger partial charge is 0.338 e. The van der Waals surface area contributed by atoms with Crippen LogP contribution in [0.2, 0.25) is 0 Å². The van der Waals surface area contributed by atoms with Gasteiger partial charge >= 0.3 is 5.97 Å². The van der Waals surface area contributed by atoms with Crippen LogP contribution in [0.25, 0.3) is 17.4 Å². The van der Waals surface area contributed by atoms with Crippen LogP contribution in [0.1, 0.15) is 55.1 Å². The molecule has 0 bridgehead atoms. The Balaban J connectivity index is 1.34. The summed E-state index contributed by atoms with van der Waals surface area (Å²) in [5.41, 5.74) is 1.38. The van der Waals surface area contributed by atoms with E-state index in [4.69, 9.17) is 14.6 Å². The Labute approximate surface area is 201 Å². The van der Waals surface area contributed by atoms with Crippen molar-refractivity contribution in [3.8, 4) is 11.3 Å². The zero-order chi connectivity index (χ0) is 23.7. The summed E-state index contributed by atoms with van der Waals surface area (Å²) in [5, 5.41) is 16.1. The number of thioether (sulfide) groups is 1. The highest BCUT2D eigenvalue weighted by atomic mass is 32.2. The summed E-state index contributed by atoms with van der Waals surface area (Å²) >= 11 is 1.41. The van der Waals surface area contributed by atoms with Crippen molar-refractivity contribution in [1.29, 1.82) is 5.41 Å². The number of ether oxygens (including phenoxy) is 1. The molecule has 3 aliphatic rings. The Hall–Kier alpha value is -3.46. The second-order valence-corrected chi connectivity index (χ2v) is 9.28. The van der Waals surface area contributed by atoms with E-state index in [9.17, 15) is 9.59 Å². The maximum absolute atomic E-state index is 12.7. The fourth-order valence-corrected chi connectivity index (χ4v) is 5.29. The average molecular weight is 477 g/mol. The summed E-state index contributed by atoms with van der Waals surface area (Å²) < 4.78 is 10.9. The quantitative estimate of drug-likeness (QED) is 0.462. The van der Waals surface area contributed by atoms with Crippen molar-refractivity contribution in [1.82, 2.24) is 5.01 Å². The van der Waals surface area contributed by atoms with Crippen LogP contribution >= 0.6 is 11.8 Å². The van der Waals surface area contributed by atoms with Crippen molar-refractivity contribution >= 4 is 45.8 Å². The molecule has 1 amide bonds. The van der Waals surface area contributed by atoms with E-state index in [2.05, 4.69) is 10.1 Å². The van der Waals surface area contributed by atoms with Crippen molar-refractivity contribution in [2.75, 3.05) is 6.61 Å². The molecule has 2 aromatic rings. The highest BCUT2D eigenvalue weighted by molar-refractivity contribution is 8.27. The second-order valence-electron chi connectivity index (χ2n) is 8.29. The minimum atomic E-state index is -0.472. The number of hydrogen-bond acceptors (Lipinski definition) is 7. The third-order valence-electron chi connectivity index (χ3n) is 6.02. The SMILES string of the molecule is CCOC(=O)c1ccc(-c2ccc(C=C3C(=N)N4N=C(C5CCCCC5)SC4=NC3=O)o2)cc1. The van der Waals surface area contributed by atoms with Gasteiger partial charge in [-0.1, -0.05) is 31.4 Å². The molecular formula is C25H24N4O4S. The van der Waals surface area contributed by atoms with Crippen molar-refractivity contribution in [2.45, 2.75) is 39.0 Å². The number of carbonyl (C=O) groups excluding carboxylic acids is 2. The lowest BCUT2D eigenvalue weighted by Gasteiger charge is -2.20. The van der Waals surface area contributed by atoms with Crippen molar-refractivity contribution in [3.63, 3.8) is 0 Å². The summed E-state index contributed by atoms with van der Waals surface area (Å²) in [6, 6.07) is 10.4. The van der Waals surface area contributed by atoms with Gasteiger partial charge in [0.2, 0.25) is 5.17 Å². The van der Waals surface area contributed by atoms with Crippen LogP contribution in [0.3, 0.4) is 0 Å². The third kappa shape index (κ3) is 4.35. The molecule has 5 rings (SSSR count). The largest absolute Gasteiger partial charge is 0.462 e. The van der Waals surface area contributed by atoms with Gasteiger partial charge in [0.05, 0.1) is 17.7 Å². The van der Waals surface area contributed by atoms with E-state index in [0.29, 0.717) is 34.8 Å². The number of fused-ring (bicyclic) bond motifs is 1. The summed E-state index contributed by atoms with van der Waals surface area (Å²) in [6.07, 6.45) is 7.33. The fourth-order valence-electron chi connectivity index (χ4n) is 4.23. The van der Waals surface area contributed by atoms with Crippen LogP contribution in [0.4, 0.5) is 0 Å². The maximum atomic E-state index is 12.7. The molecule has 8 nitrogen and oxygen atoms in total. The van der Waals surface area contributed by atoms with Gasteiger partial charge in [0.25, 0.3) is 5.91 Å². The van der Waals surface area contributed by atoms with Gasteiger partial charge in [-0.05, 0) is 61.9 Å². The predicted molar refractivity (Wildman–Crippen MR) is 132 cm³/mol. The molecule has 1 aromatic carbocycles. The van der Waals surface area contributed by atoms with Crippen LogP contribution in [0.15, 0.2) is 56.5 Å². The Morgan fingerprint density at radius 3 is 2.71 bits per heavy atom. The van der Waals surface area contributed by atoms with Gasteiger partial charge in [-0.3, -0.25) is 10.2 Å². The summed E-state index contributed by atoms with van der Waals surface area (Å²) in [5.74, 6) is 0.550. The standard InChI is InChI=1S/C25H24N4O4S/c1-2-32-24(31)17-10-8-15(9-11-17)20-13-12-18(33-20)14-19-21(26)29-25(27-22(19)30)34-23(28-29)16-6-4-3-5-7-16/h8-14,16,26H,2-7H2,1H3. The fraction of sp³-hybridized carbons (Fsp3) is 0.320. The Morgan fingerprint density at radius 2 is 1.97 bits per heavy atom. The van der Waals surface area contributed by atoms with E-state index in [1.54, 1.807) is 43.3 Å². The first-order valence-corrected chi connectivity index (χ1v) is 12.2. The Kier molecular flexibility index (Phi) is 6.19. The van der Waals surface area contributed by atoms with E-state index in [-0.39, 0.29) is 17.4 Å². The monoisotopic (exact) mass is 476 g/mol. The first-order valence-electron chi connectivity index (χ1n) is 11.4. The highest BCUT2D eigenvalue weighted by Gasteiger charge is 2.38. The summed E-state index contributed by atoms with van der Waals surface area (Å²) in [7, 11) is 0. The number of nitrogens with zero attached hydrogens (tertiary/aromatic N) is 3. The van der Waals surface area contributed by atoms with E-state index >= 15 is 0 Å². The van der Waals surface area contributed by atoms with E-state index < -0.39 is 5.91 Å². The zero-order valence-electron chi connectivity index (χ0n) is 18.7. The number of amides is 1. The van der Waals surface area contributed by atoms with Crippen LogP contribution in [-0.4, -0.2) is 39.5 Å². The number of furan rings is 1. The molecule has 174 valence electrons. The lowest BCUT2D eigenvalue weighted by Crippen LogP contribution is -2.35. The minimum absolute atomic E-state index is 0.00467. The number of hydrogen-bond donors (Lipinski definition) is 1. The lowest BCUT2D eigenvalue weighted by atomic mass is 9.90. The van der Waals surface area contributed by atoms with Crippen molar-refractivity contribution < 1.29 is 18.7 Å². The number of aliphatic imine (C=N–C) groups is 1. The van der Waals surface area contributed by atoms with Gasteiger partial charge in [0, 0.05) is 11.5 Å². The van der Waals surface area contributed by atoms with E-state index in [1.165, 1.54) is 42.1 Å². The average Bonchev–Trinajstić information content (AvgIpc) is 3.50. The molecule has 1 fully saturated rings. The molecule has 3 heterocycles. The first kappa shape index (κ1) is 22.3.